The van der Waals surface area contributed by atoms with E-state index in [2.05, 4.69) is 41.3 Å². The number of carbonyl (C=O) groups is 1. The summed E-state index contributed by atoms with van der Waals surface area (Å²) in [5, 5.41) is 5.89. The summed E-state index contributed by atoms with van der Waals surface area (Å²) in [5.74, 6) is 0.260. The lowest BCUT2D eigenvalue weighted by Crippen LogP contribution is -2.33. The Morgan fingerprint density at radius 1 is 1.20 bits per heavy atom. The SMILES string of the molecule is CCNC(=O)Nc1nc2cc(-c3ccc(NS(=O)(=O)C(C)(C)C)nc3)cc(Br)c2s1. The lowest BCUT2D eigenvalue weighted by molar-refractivity contribution is 0.252. The molecule has 160 valence electrons. The molecule has 3 N–H and O–H groups in total. The Balaban J connectivity index is 1.87. The molecule has 3 aromatic rings. The largest absolute Gasteiger partial charge is 0.338 e. The van der Waals surface area contributed by atoms with Crippen LogP contribution in [0.5, 0.6) is 0 Å². The zero-order valence-corrected chi connectivity index (χ0v) is 20.1. The van der Waals surface area contributed by atoms with Crippen LogP contribution in [0.2, 0.25) is 0 Å². The monoisotopic (exact) mass is 511 g/mol. The van der Waals surface area contributed by atoms with Gasteiger partial charge in [-0.15, -0.1) is 0 Å². The van der Waals surface area contributed by atoms with Crippen LogP contribution in [-0.4, -0.2) is 35.7 Å². The van der Waals surface area contributed by atoms with Gasteiger partial charge in [0.25, 0.3) is 0 Å². The molecule has 0 atom stereocenters. The molecule has 11 heteroatoms. The van der Waals surface area contributed by atoms with Crippen LogP contribution in [0.1, 0.15) is 27.7 Å². The lowest BCUT2D eigenvalue weighted by atomic mass is 10.1. The first kappa shape index (κ1) is 22.4. The van der Waals surface area contributed by atoms with Crippen LogP contribution in [0.3, 0.4) is 0 Å². The molecule has 2 heterocycles. The van der Waals surface area contributed by atoms with Gasteiger partial charge < -0.3 is 5.32 Å². The summed E-state index contributed by atoms with van der Waals surface area (Å²) in [6.45, 7) is 7.24. The Morgan fingerprint density at radius 2 is 1.93 bits per heavy atom. The van der Waals surface area contributed by atoms with Crippen LogP contribution in [0.25, 0.3) is 21.3 Å². The summed E-state index contributed by atoms with van der Waals surface area (Å²) in [7, 11) is -3.54. The molecule has 8 nitrogen and oxygen atoms in total. The van der Waals surface area contributed by atoms with Gasteiger partial charge in [0.2, 0.25) is 10.0 Å². The normalized spacial score (nSPS) is 12.0. The van der Waals surface area contributed by atoms with E-state index in [-0.39, 0.29) is 11.8 Å². The van der Waals surface area contributed by atoms with Gasteiger partial charge >= 0.3 is 6.03 Å². The zero-order chi connectivity index (χ0) is 22.1. The number of halogens is 1. The second-order valence-corrected chi connectivity index (χ2v) is 11.7. The third kappa shape index (κ3) is 4.90. The lowest BCUT2D eigenvalue weighted by Gasteiger charge is -2.19. The number of fused-ring (bicyclic) bond motifs is 1. The van der Waals surface area contributed by atoms with Crippen molar-refractivity contribution < 1.29 is 13.2 Å². The van der Waals surface area contributed by atoms with E-state index < -0.39 is 14.8 Å². The van der Waals surface area contributed by atoms with Crippen molar-refractivity contribution in [3.05, 3.63) is 34.9 Å². The molecular weight excluding hydrogens is 490 g/mol. The average molecular weight is 512 g/mol. The van der Waals surface area contributed by atoms with Crippen LogP contribution in [0, 0.1) is 0 Å². The van der Waals surface area contributed by atoms with Crippen molar-refractivity contribution in [1.29, 1.82) is 0 Å². The van der Waals surface area contributed by atoms with Crippen molar-refractivity contribution >= 4 is 64.5 Å². The number of benzene rings is 1. The van der Waals surface area contributed by atoms with E-state index in [1.807, 2.05) is 19.1 Å². The Kier molecular flexibility index (Phi) is 6.34. The molecule has 0 bridgehead atoms. The number of thiazole rings is 1. The molecule has 0 aliphatic carbocycles. The second-order valence-electron chi connectivity index (χ2n) is 7.46. The van der Waals surface area contributed by atoms with Gasteiger partial charge in [0.1, 0.15) is 5.82 Å². The van der Waals surface area contributed by atoms with Crippen LogP contribution >= 0.6 is 27.3 Å². The van der Waals surface area contributed by atoms with Crippen LogP contribution in [-0.2, 0) is 10.0 Å². The topological polar surface area (TPSA) is 113 Å². The van der Waals surface area contributed by atoms with E-state index in [4.69, 9.17) is 0 Å². The fraction of sp³-hybridized carbons (Fsp3) is 0.316. The van der Waals surface area contributed by atoms with E-state index in [0.29, 0.717) is 11.7 Å². The number of urea groups is 1. The summed E-state index contributed by atoms with van der Waals surface area (Å²) >= 11 is 4.93. The minimum atomic E-state index is -3.54. The summed E-state index contributed by atoms with van der Waals surface area (Å²) < 4.78 is 27.9. The maximum atomic E-state index is 12.3. The standard InChI is InChI=1S/C19H22BrN5O3S2/c1-5-21-17(26)24-18-23-14-9-12(8-13(20)16(14)29-18)11-6-7-15(22-10-11)25-30(27,28)19(2,3)4/h6-10H,5H2,1-4H3,(H,22,25)(H2,21,23,24,26). The van der Waals surface area contributed by atoms with Crippen molar-refractivity contribution in [2.75, 3.05) is 16.6 Å². The summed E-state index contributed by atoms with van der Waals surface area (Å²) in [5.41, 5.74) is 2.40. The number of amides is 2. The van der Waals surface area contributed by atoms with Crippen molar-refractivity contribution in [3.63, 3.8) is 0 Å². The first-order valence-electron chi connectivity index (χ1n) is 9.14. The molecule has 0 unspecified atom stereocenters. The summed E-state index contributed by atoms with van der Waals surface area (Å²) in [4.78, 5) is 20.5. The number of aromatic nitrogens is 2. The van der Waals surface area contributed by atoms with E-state index in [1.165, 1.54) is 11.3 Å². The Bertz CT molecular complexity index is 1190. The van der Waals surface area contributed by atoms with E-state index in [9.17, 15) is 13.2 Å². The molecule has 0 fully saturated rings. The van der Waals surface area contributed by atoms with Crippen molar-refractivity contribution in [2.45, 2.75) is 32.4 Å². The van der Waals surface area contributed by atoms with Crippen LogP contribution in [0.15, 0.2) is 34.9 Å². The van der Waals surface area contributed by atoms with Gasteiger partial charge in [-0.1, -0.05) is 11.3 Å². The van der Waals surface area contributed by atoms with Gasteiger partial charge in [-0.05, 0) is 73.5 Å². The molecule has 0 radical (unpaired) electrons. The fourth-order valence-corrected chi connectivity index (χ4v) is 4.67. The molecule has 0 spiro atoms. The van der Waals surface area contributed by atoms with E-state index in [1.54, 1.807) is 39.1 Å². The highest BCUT2D eigenvalue weighted by atomic mass is 79.9. The number of rotatable bonds is 5. The number of anilines is 2. The van der Waals surface area contributed by atoms with Gasteiger partial charge in [-0.25, -0.2) is 23.2 Å². The molecule has 0 saturated carbocycles. The van der Waals surface area contributed by atoms with E-state index >= 15 is 0 Å². The van der Waals surface area contributed by atoms with Crippen molar-refractivity contribution in [3.8, 4) is 11.1 Å². The Morgan fingerprint density at radius 3 is 2.53 bits per heavy atom. The van der Waals surface area contributed by atoms with Gasteiger partial charge in [-0.2, -0.15) is 0 Å². The number of nitrogens with one attached hydrogen (secondary N) is 3. The number of nitrogens with zero attached hydrogens (tertiary/aromatic N) is 2. The quantitative estimate of drug-likeness (QED) is 0.455. The highest BCUT2D eigenvalue weighted by Gasteiger charge is 2.29. The van der Waals surface area contributed by atoms with Crippen LogP contribution < -0.4 is 15.4 Å². The third-order valence-electron chi connectivity index (χ3n) is 4.14. The van der Waals surface area contributed by atoms with Gasteiger partial charge in [0.15, 0.2) is 5.13 Å². The maximum Gasteiger partial charge on any atom is 0.321 e. The van der Waals surface area contributed by atoms with Crippen molar-refractivity contribution in [1.82, 2.24) is 15.3 Å². The predicted octanol–water partition coefficient (Wildman–Crippen LogP) is 4.80. The molecule has 0 aliphatic heterocycles. The number of sulfonamides is 1. The Hall–Kier alpha value is -2.24. The number of carbonyl (C=O) groups excluding carboxylic acids is 1. The minimum absolute atomic E-state index is 0.260. The smallest absolute Gasteiger partial charge is 0.321 e. The molecular formula is C19H22BrN5O3S2. The number of pyridine rings is 1. The third-order valence-corrected chi connectivity index (χ3v) is 8.14. The first-order chi connectivity index (χ1) is 14.0. The maximum absolute atomic E-state index is 12.3. The second kappa shape index (κ2) is 8.48. The van der Waals surface area contributed by atoms with Crippen LogP contribution in [0.4, 0.5) is 15.7 Å². The molecule has 2 aromatic heterocycles. The van der Waals surface area contributed by atoms with Gasteiger partial charge in [-0.3, -0.25) is 10.0 Å². The van der Waals surface area contributed by atoms with Crippen molar-refractivity contribution in [2.24, 2.45) is 0 Å². The summed E-state index contributed by atoms with van der Waals surface area (Å²) in [6.07, 6.45) is 1.61. The average Bonchev–Trinajstić information content (AvgIpc) is 3.04. The zero-order valence-electron chi connectivity index (χ0n) is 16.9. The van der Waals surface area contributed by atoms with E-state index in [0.717, 1.165) is 25.8 Å². The highest BCUT2D eigenvalue weighted by Crippen LogP contribution is 2.36. The first-order valence-corrected chi connectivity index (χ1v) is 12.2. The molecule has 1 aromatic carbocycles. The molecule has 30 heavy (non-hydrogen) atoms. The van der Waals surface area contributed by atoms with Gasteiger partial charge in [0.05, 0.1) is 15.0 Å². The molecule has 2 amide bonds. The van der Waals surface area contributed by atoms with Gasteiger partial charge in [0, 0.05) is 22.8 Å². The number of hydrogen-bond acceptors (Lipinski definition) is 6. The minimum Gasteiger partial charge on any atom is -0.338 e. The molecule has 3 rings (SSSR count). The molecule has 0 aliphatic rings. The summed E-state index contributed by atoms with van der Waals surface area (Å²) in [6, 6.07) is 6.95. The predicted molar refractivity (Wildman–Crippen MR) is 126 cm³/mol. The fourth-order valence-electron chi connectivity index (χ4n) is 2.43. The Labute approximate surface area is 187 Å². The number of hydrogen-bond donors (Lipinski definition) is 3. The molecule has 0 saturated heterocycles. The highest BCUT2D eigenvalue weighted by molar-refractivity contribution is 9.10.